The Bertz CT molecular complexity index is 5190. The highest BCUT2D eigenvalue weighted by atomic mass is 32.2. The SMILES string of the molecule is CC1(COc2ccn(-c3ccc4c(n3)N3CC(CCCNc5cccc(n5)S(=O)(=O)NC4=O)CC3(C)C)n2)CC1.CC1(COc2ccn(-c3ccc4c(n3)N3CC(CCCNc5cccc(n5)S(=O)(=O)NC4=O)CC3(C)C)n2)CC1.CC1(COc2ccn(-c3ccc4c(n3)N3CC(CCCNc5cccc(n5)S(=O)(=O)NC4=O)CC3(C)C)n2)CC1. The van der Waals surface area contributed by atoms with Gasteiger partial charge in [0.2, 0.25) is 17.6 Å². The van der Waals surface area contributed by atoms with Crippen molar-refractivity contribution in [2.75, 3.05) is 89.7 Å². The van der Waals surface area contributed by atoms with E-state index in [4.69, 9.17) is 29.2 Å². The van der Waals surface area contributed by atoms with Crippen LogP contribution in [0, 0.1) is 34.0 Å². The summed E-state index contributed by atoms with van der Waals surface area (Å²) in [7, 11) is -12.7. The van der Waals surface area contributed by atoms with E-state index in [1.54, 1.807) is 124 Å². The third kappa shape index (κ3) is 18.8. The Morgan fingerprint density at radius 1 is 0.367 bits per heavy atom. The maximum absolute atomic E-state index is 13.5. The number of carbonyl (C=O) groups excluding carboxylic acids is 3. The fourth-order valence-corrected chi connectivity index (χ4v) is 19.4. The van der Waals surface area contributed by atoms with Gasteiger partial charge in [0.1, 0.15) is 34.9 Å². The summed E-state index contributed by atoms with van der Waals surface area (Å²) >= 11 is 0. The van der Waals surface area contributed by atoms with Crippen LogP contribution in [0.15, 0.2) is 143 Å². The topological polar surface area (TPSA) is 394 Å². The Hall–Kier alpha value is -11.0. The van der Waals surface area contributed by atoms with Gasteiger partial charge >= 0.3 is 0 Å². The Kier molecular flexibility index (Phi) is 22.2. The van der Waals surface area contributed by atoms with Gasteiger partial charge in [-0.3, -0.25) is 14.4 Å². The number of carbonyl (C=O) groups is 3. The third-order valence-electron chi connectivity index (χ3n) is 24.3. The van der Waals surface area contributed by atoms with Crippen molar-refractivity contribution in [2.45, 2.75) is 190 Å². The van der Waals surface area contributed by atoms with Gasteiger partial charge in [0, 0.05) is 109 Å². The maximum atomic E-state index is 13.5. The third-order valence-corrected chi connectivity index (χ3v) is 28.0. The molecule has 120 heavy (non-hydrogen) atoms. The molecule has 9 aromatic heterocycles. The van der Waals surface area contributed by atoms with Crippen molar-refractivity contribution in [2.24, 2.45) is 34.0 Å². The minimum Gasteiger partial charge on any atom is -0.476 e. The van der Waals surface area contributed by atoms with Crippen molar-refractivity contribution in [3.63, 3.8) is 0 Å². The van der Waals surface area contributed by atoms with Gasteiger partial charge < -0.3 is 44.9 Å². The second kappa shape index (κ2) is 32.2. The van der Waals surface area contributed by atoms with E-state index in [9.17, 15) is 39.6 Å². The van der Waals surface area contributed by atoms with Gasteiger partial charge in [-0.25, -0.2) is 58.1 Å². The molecule has 3 saturated carbocycles. The lowest BCUT2D eigenvalue weighted by molar-refractivity contribution is 0.0972. The maximum Gasteiger partial charge on any atom is 0.281 e. The van der Waals surface area contributed by atoms with Crippen LogP contribution in [0.25, 0.3) is 17.5 Å². The first-order chi connectivity index (χ1) is 57.0. The van der Waals surface area contributed by atoms with E-state index in [0.29, 0.717) is 147 Å². The lowest BCUT2D eigenvalue weighted by Crippen LogP contribution is -2.41. The summed E-state index contributed by atoms with van der Waals surface area (Å²) in [4.78, 5) is 74.3. The quantitative estimate of drug-likeness (QED) is 0.0661. The van der Waals surface area contributed by atoms with Gasteiger partial charge in [-0.1, -0.05) is 39.0 Å². The van der Waals surface area contributed by atoms with Gasteiger partial charge in [0.15, 0.2) is 32.5 Å². The Labute approximate surface area is 699 Å². The van der Waals surface area contributed by atoms with Crippen LogP contribution >= 0.6 is 0 Å². The zero-order valence-corrected chi connectivity index (χ0v) is 71.6. The molecule has 3 atom stereocenters. The van der Waals surface area contributed by atoms with Gasteiger partial charge in [-0.15, -0.1) is 15.3 Å². The summed E-state index contributed by atoms with van der Waals surface area (Å²) in [6.45, 7) is 25.4. The molecule has 36 heteroatoms. The number of pyridine rings is 6. The van der Waals surface area contributed by atoms with Gasteiger partial charge in [0.05, 0.1) is 36.5 Å². The fraction of sp³-hybridized carbons (Fsp3) is 0.500. The molecule has 33 nitrogen and oxygen atoms in total. The van der Waals surface area contributed by atoms with Crippen LogP contribution in [-0.2, 0) is 30.1 Å². The Morgan fingerprint density at radius 3 is 0.908 bits per heavy atom. The van der Waals surface area contributed by atoms with Crippen molar-refractivity contribution in [1.29, 1.82) is 0 Å². The van der Waals surface area contributed by atoms with Crippen LogP contribution in [0.2, 0.25) is 0 Å². The molecule has 3 saturated heterocycles. The largest absolute Gasteiger partial charge is 0.476 e. The number of nitrogens with zero attached hydrogens (tertiary/aromatic N) is 15. The lowest BCUT2D eigenvalue weighted by Gasteiger charge is -2.34. The molecule has 18 rings (SSSR count). The molecule has 6 aliphatic heterocycles. The summed E-state index contributed by atoms with van der Waals surface area (Å²) in [6, 6.07) is 29.3. The molecular formula is C84H105N21O12S3. The number of sulfonamides is 3. The molecule has 0 spiro atoms. The van der Waals surface area contributed by atoms with Crippen LogP contribution in [0.5, 0.6) is 17.6 Å². The van der Waals surface area contributed by atoms with E-state index in [1.807, 2.05) is 0 Å². The van der Waals surface area contributed by atoms with E-state index >= 15 is 0 Å². The van der Waals surface area contributed by atoms with Crippen molar-refractivity contribution in [3.8, 4) is 35.1 Å². The molecule has 3 aliphatic carbocycles. The lowest BCUT2D eigenvalue weighted by atomic mass is 9.93. The molecule has 636 valence electrons. The average molecular weight is 1700 g/mol. The van der Waals surface area contributed by atoms with E-state index in [1.165, 1.54) is 18.2 Å². The zero-order valence-electron chi connectivity index (χ0n) is 69.2. The molecule has 9 aliphatic rings. The molecule has 6 fully saturated rings. The van der Waals surface area contributed by atoms with Crippen LogP contribution in [0.4, 0.5) is 34.9 Å². The molecule has 0 aromatic carbocycles. The molecular weight excluding hydrogens is 1590 g/mol. The summed E-state index contributed by atoms with van der Waals surface area (Å²) in [5.74, 6) is 4.62. The number of fused-ring (bicyclic) bond motifs is 18. The van der Waals surface area contributed by atoms with E-state index in [2.05, 4.69) is 137 Å². The van der Waals surface area contributed by atoms with Crippen molar-refractivity contribution in [3.05, 3.63) is 144 Å². The summed E-state index contributed by atoms with van der Waals surface area (Å²) in [5.41, 5.74) is 0.343. The predicted molar refractivity (Wildman–Crippen MR) is 451 cm³/mol. The van der Waals surface area contributed by atoms with Crippen molar-refractivity contribution >= 4 is 82.7 Å². The molecule has 9 aromatic rings. The van der Waals surface area contributed by atoms with E-state index in [0.717, 1.165) is 96.3 Å². The number of hydrogen-bond acceptors (Lipinski definition) is 27. The molecule has 6 N–H and O–H groups in total. The van der Waals surface area contributed by atoms with Crippen LogP contribution in [0.3, 0.4) is 0 Å². The number of hydrogen-bond donors (Lipinski definition) is 6. The fourth-order valence-electron chi connectivity index (χ4n) is 16.6. The summed E-state index contributed by atoms with van der Waals surface area (Å²) in [6.07, 6.45) is 20.7. The first-order valence-electron chi connectivity index (χ1n) is 41.3. The highest BCUT2D eigenvalue weighted by Crippen LogP contribution is 2.48. The second-order valence-corrected chi connectivity index (χ2v) is 41.2. The van der Waals surface area contributed by atoms with Crippen LogP contribution < -0.4 is 59.0 Å². The molecule has 15 heterocycles. The highest BCUT2D eigenvalue weighted by molar-refractivity contribution is 7.90. The standard InChI is InChI=1S/3C28H35N7O4S/c3*1-27(2)16-19-6-5-14-29-21-7-4-8-24(30-21)40(37,38)33-26(36)20-9-10-22(31-25(20)34(27)17-19)35-15-11-23(32-35)39-18-28(3)12-13-28/h3*4,7-11,15,19H,5-6,12-14,16-18H2,1-3H3,(H,29,30)(H,33,36). The highest BCUT2D eigenvalue weighted by Gasteiger charge is 2.46. The Balaban J connectivity index is 0.000000134. The number of rotatable bonds is 12. The number of nitrogens with one attached hydrogen (secondary N) is 6. The molecule has 0 radical (unpaired) electrons. The average Bonchev–Trinajstić information content (AvgIpc) is 1.49. The van der Waals surface area contributed by atoms with Crippen LogP contribution in [0.1, 0.15) is 190 Å². The van der Waals surface area contributed by atoms with Crippen LogP contribution in [-0.4, -0.2) is 178 Å². The number of amides is 3. The molecule has 3 amide bonds. The van der Waals surface area contributed by atoms with Gasteiger partial charge in [0.25, 0.3) is 47.8 Å². The second-order valence-electron chi connectivity index (χ2n) is 36.3. The van der Waals surface area contributed by atoms with Crippen molar-refractivity contribution in [1.82, 2.24) is 73.4 Å². The summed E-state index contributed by atoms with van der Waals surface area (Å²) < 4.78 is 108. The monoisotopic (exact) mass is 1700 g/mol. The van der Waals surface area contributed by atoms with Gasteiger partial charge in [-0.2, -0.15) is 25.3 Å². The first-order valence-corrected chi connectivity index (χ1v) is 45.8. The Morgan fingerprint density at radius 2 is 0.642 bits per heavy atom. The predicted octanol–water partition coefficient (Wildman–Crippen LogP) is 11.3. The number of ether oxygens (including phenoxy) is 3. The molecule has 12 bridgehead atoms. The first kappa shape index (κ1) is 82.7. The summed E-state index contributed by atoms with van der Waals surface area (Å²) in [5, 5.41) is 22.6. The van der Waals surface area contributed by atoms with Crippen molar-refractivity contribution < 1.29 is 53.8 Å². The smallest absolute Gasteiger partial charge is 0.281 e. The van der Waals surface area contributed by atoms with E-state index < -0.39 is 47.8 Å². The van der Waals surface area contributed by atoms with Gasteiger partial charge in [-0.05, 0) is 228 Å². The zero-order chi connectivity index (χ0) is 84.4. The minimum atomic E-state index is -4.22. The van der Waals surface area contributed by atoms with E-state index in [-0.39, 0.29) is 64.6 Å². The number of anilines is 6. The minimum absolute atomic E-state index is 0.176. The number of aromatic nitrogens is 12. The normalized spacial score (nSPS) is 22.7. The molecule has 3 unspecified atom stereocenters.